The van der Waals surface area contributed by atoms with Crippen molar-refractivity contribution >= 4 is 34.4 Å². The number of carbonyl (C=O) groups is 3. The summed E-state index contributed by atoms with van der Waals surface area (Å²) in [4.78, 5) is 46.4. The summed E-state index contributed by atoms with van der Waals surface area (Å²) in [5.41, 5.74) is -0.576. The lowest BCUT2D eigenvalue weighted by molar-refractivity contribution is -0.141. The standard InChI is InChI=1S/C25H28F3N7O3/c1-3-32(4-2)24(38)34-12-10-33(11-13-34)22(36)16-35-15-17-14-18(8-9-19(17)31-35)29-23(37)20-6-5-7-21(30-20)25(26,27)28/h5-9,14-15H,3-4,10-13,16H2,1-2H3,(H,29,37). The fraction of sp³-hybridized carbons (Fsp3) is 0.400. The van der Waals surface area contributed by atoms with E-state index >= 15 is 0 Å². The lowest BCUT2D eigenvalue weighted by Crippen LogP contribution is -2.54. The Hall–Kier alpha value is -4.16. The smallest absolute Gasteiger partial charge is 0.338 e. The van der Waals surface area contributed by atoms with E-state index in [-0.39, 0.29) is 24.2 Å². The lowest BCUT2D eigenvalue weighted by Gasteiger charge is -2.37. The number of alkyl halides is 3. The van der Waals surface area contributed by atoms with Crippen LogP contribution in [-0.2, 0) is 17.5 Å². The summed E-state index contributed by atoms with van der Waals surface area (Å²) in [5, 5.41) is 7.59. The lowest BCUT2D eigenvalue weighted by atomic mass is 10.2. The first-order chi connectivity index (χ1) is 18.1. The third kappa shape index (κ3) is 6.03. The van der Waals surface area contributed by atoms with E-state index in [1.165, 1.54) is 10.7 Å². The van der Waals surface area contributed by atoms with Gasteiger partial charge in [0, 0.05) is 56.5 Å². The number of carbonyl (C=O) groups excluding carboxylic acids is 3. The largest absolute Gasteiger partial charge is 0.433 e. The summed E-state index contributed by atoms with van der Waals surface area (Å²) in [6.45, 7) is 6.94. The highest BCUT2D eigenvalue weighted by Gasteiger charge is 2.33. The number of pyridine rings is 1. The Morgan fingerprint density at radius 1 is 1.00 bits per heavy atom. The number of nitrogens with zero attached hydrogens (tertiary/aromatic N) is 6. The summed E-state index contributed by atoms with van der Waals surface area (Å²) in [7, 11) is 0. The van der Waals surface area contributed by atoms with E-state index in [2.05, 4.69) is 15.4 Å². The van der Waals surface area contributed by atoms with Gasteiger partial charge in [-0.05, 0) is 44.2 Å². The van der Waals surface area contributed by atoms with Crippen LogP contribution in [0.15, 0.2) is 42.6 Å². The Bertz CT molecular complexity index is 1330. The molecular weight excluding hydrogens is 503 g/mol. The molecule has 0 saturated carbocycles. The molecule has 38 heavy (non-hydrogen) atoms. The number of nitrogens with one attached hydrogen (secondary N) is 1. The highest BCUT2D eigenvalue weighted by molar-refractivity contribution is 6.03. The van der Waals surface area contributed by atoms with Crippen LogP contribution in [0.3, 0.4) is 0 Å². The molecule has 4 rings (SSSR count). The van der Waals surface area contributed by atoms with Crippen LogP contribution < -0.4 is 5.32 Å². The van der Waals surface area contributed by atoms with Gasteiger partial charge >= 0.3 is 12.2 Å². The number of urea groups is 1. The number of piperazine rings is 1. The number of amides is 4. The Morgan fingerprint density at radius 3 is 2.34 bits per heavy atom. The van der Waals surface area contributed by atoms with Crippen molar-refractivity contribution in [2.75, 3.05) is 44.6 Å². The average molecular weight is 532 g/mol. The fourth-order valence-corrected chi connectivity index (χ4v) is 4.23. The van der Waals surface area contributed by atoms with Gasteiger partial charge in [-0.2, -0.15) is 18.3 Å². The van der Waals surface area contributed by atoms with E-state index in [0.29, 0.717) is 55.9 Å². The van der Waals surface area contributed by atoms with Crippen molar-refractivity contribution in [2.45, 2.75) is 26.6 Å². The zero-order valence-corrected chi connectivity index (χ0v) is 21.0. The maximum atomic E-state index is 12.9. The zero-order chi connectivity index (χ0) is 27.4. The number of hydrogen-bond acceptors (Lipinski definition) is 5. The Morgan fingerprint density at radius 2 is 1.68 bits per heavy atom. The first-order valence-electron chi connectivity index (χ1n) is 12.2. The molecule has 0 radical (unpaired) electrons. The van der Waals surface area contributed by atoms with E-state index in [4.69, 9.17) is 0 Å². The molecule has 4 amide bonds. The van der Waals surface area contributed by atoms with Gasteiger partial charge in [0.15, 0.2) is 0 Å². The quantitative estimate of drug-likeness (QED) is 0.526. The number of anilines is 1. The Balaban J connectivity index is 1.37. The average Bonchev–Trinajstić information content (AvgIpc) is 3.30. The summed E-state index contributed by atoms with van der Waals surface area (Å²) < 4.78 is 40.2. The number of halogens is 3. The molecule has 1 saturated heterocycles. The van der Waals surface area contributed by atoms with Gasteiger partial charge in [-0.3, -0.25) is 14.3 Å². The van der Waals surface area contributed by atoms with E-state index in [1.807, 2.05) is 13.8 Å². The fourth-order valence-electron chi connectivity index (χ4n) is 4.23. The second-order valence-corrected chi connectivity index (χ2v) is 8.78. The molecule has 0 unspecified atom stereocenters. The van der Waals surface area contributed by atoms with Crippen molar-refractivity contribution in [3.8, 4) is 0 Å². The number of rotatable bonds is 6. The van der Waals surface area contributed by atoms with Crippen molar-refractivity contribution < 1.29 is 27.6 Å². The van der Waals surface area contributed by atoms with E-state index in [9.17, 15) is 27.6 Å². The molecule has 0 spiro atoms. The molecule has 0 bridgehead atoms. The molecule has 2 aromatic heterocycles. The van der Waals surface area contributed by atoms with Gasteiger partial charge < -0.3 is 20.0 Å². The van der Waals surface area contributed by atoms with Gasteiger partial charge in [0.2, 0.25) is 5.91 Å². The maximum absolute atomic E-state index is 12.9. The summed E-state index contributed by atoms with van der Waals surface area (Å²) in [6, 6.07) is 7.93. The molecule has 0 atom stereocenters. The van der Waals surface area contributed by atoms with E-state index in [1.54, 1.807) is 39.1 Å². The van der Waals surface area contributed by atoms with Crippen molar-refractivity contribution in [1.82, 2.24) is 29.5 Å². The molecule has 1 aliphatic heterocycles. The third-order valence-electron chi connectivity index (χ3n) is 6.32. The third-order valence-corrected chi connectivity index (χ3v) is 6.32. The van der Waals surface area contributed by atoms with Crippen LogP contribution >= 0.6 is 0 Å². The van der Waals surface area contributed by atoms with Crippen molar-refractivity contribution in [3.63, 3.8) is 0 Å². The van der Waals surface area contributed by atoms with Gasteiger partial charge in [0.1, 0.15) is 17.9 Å². The zero-order valence-electron chi connectivity index (χ0n) is 21.0. The molecule has 1 aromatic carbocycles. The minimum Gasteiger partial charge on any atom is -0.338 e. The first kappa shape index (κ1) is 26.9. The molecule has 13 heteroatoms. The van der Waals surface area contributed by atoms with Crippen molar-refractivity contribution in [1.29, 1.82) is 0 Å². The topological polar surface area (TPSA) is 104 Å². The summed E-state index contributed by atoms with van der Waals surface area (Å²) >= 11 is 0. The van der Waals surface area contributed by atoms with Gasteiger partial charge in [-0.15, -0.1) is 0 Å². The summed E-state index contributed by atoms with van der Waals surface area (Å²) in [5.74, 6) is -0.909. The number of hydrogen-bond donors (Lipinski definition) is 1. The van der Waals surface area contributed by atoms with Gasteiger partial charge in [0.05, 0.1) is 5.52 Å². The minimum absolute atomic E-state index is 0.00845. The van der Waals surface area contributed by atoms with E-state index < -0.39 is 17.8 Å². The van der Waals surface area contributed by atoms with Gasteiger partial charge in [0.25, 0.3) is 5.91 Å². The minimum atomic E-state index is -4.66. The van der Waals surface area contributed by atoms with Crippen LogP contribution in [0.25, 0.3) is 10.9 Å². The van der Waals surface area contributed by atoms with Crippen LogP contribution in [0.4, 0.5) is 23.7 Å². The van der Waals surface area contributed by atoms with Crippen LogP contribution in [0.1, 0.15) is 30.0 Å². The monoisotopic (exact) mass is 531 g/mol. The van der Waals surface area contributed by atoms with Crippen molar-refractivity contribution in [3.05, 3.63) is 54.0 Å². The summed E-state index contributed by atoms with van der Waals surface area (Å²) in [6.07, 6.45) is -3.00. The molecular formula is C25H28F3N7O3. The number of benzene rings is 1. The normalized spacial score (nSPS) is 14.0. The maximum Gasteiger partial charge on any atom is 0.433 e. The van der Waals surface area contributed by atoms with Crippen molar-refractivity contribution in [2.24, 2.45) is 0 Å². The van der Waals surface area contributed by atoms with Crippen LogP contribution in [0.5, 0.6) is 0 Å². The molecule has 202 valence electrons. The van der Waals surface area contributed by atoms with Crippen LogP contribution in [0.2, 0.25) is 0 Å². The molecule has 0 aliphatic carbocycles. The first-order valence-corrected chi connectivity index (χ1v) is 12.2. The van der Waals surface area contributed by atoms with Crippen LogP contribution in [0, 0.1) is 0 Å². The Labute approximate surface area is 217 Å². The molecule has 10 nitrogen and oxygen atoms in total. The second kappa shape index (κ2) is 11.1. The molecule has 1 N–H and O–H groups in total. The highest BCUT2D eigenvalue weighted by atomic mass is 19.4. The van der Waals surface area contributed by atoms with E-state index in [0.717, 1.165) is 12.1 Å². The number of aromatic nitrogens is 3. The van der Waals surface area contributed by atoms with Gasteiger partial charge in [-0.1, -0.05) is 6.07 Å². The molecule has 1 fully saturated rings. The predicted molar refractivity (Wildman–Crippen MR) is 133 cm³/mol. The van der Waals surface area contributed by atoms with Crippen LogP contribution in [-0.4, -0.2) is 86.6 Å². The van der Waals surface area contributed by atoms with Gasteiger partial charge in [-0.25, -0.2) is 9.78 Å². The molecule has 3 heterocycles. The molecule has 3 aromatic rings. The SMILES string of the molecule is CCN(CC)C(=O)N1CCN(C(=O)Cn2cc3cc(NC(=O)c4cccc(C(F)(F)F)n4)ccc3n2)CC1. The molecule has 1 aliphatic rings. The highest BCUT2D eigenvalue weighted by Crippen LogP contribution is 2.27. The number of fused-ring (bicyclic) bond motifs is 1. The predicted octanol–water partition coefficient (Wildman–Crippen LogP) is 3.31. The Kier molecular flexibility index (Phi) is 7.83. The second-order valence-electron chi connectivity index (χ2n) is 8.78.